The minimum Gasteiger partial charge on any atom is -0.366 e. The second-order valence-corrected chi connectivity index (χ2v) is 6.75. The number of hydrogen-bond acceptors (Lipinski definition) is 5. The minimum absolute atomic E-state index is 0.00181. The predicted molar refractivity (Wildman–Crippen MR) is 79.2 cm³/mol. The lowest BCUT2D eigenvalue weighted by molar-refractivity contribution is -0.137. The first-order chi connectivity index (χ1) is 9.93. The number of ether oxygens (including phenoxy) is 1. The van der Waals surface area contributed by atoms with Gasteiger partial charge in [0.05, 0.1) is 17.8 Å². The molecule has 0 unspecified atom stereocenters. The molecule has 0 spiro atoms. The van der Waals surface area contributed by atoms with Gasteiger partial charge in [-0.05, 0) is 12.5 Å². The van der Waals surface area contributed by atoms with Gasteiger partial charge < -0.3 is 15.0 Å². The van der Waals surface area contributed by atoms with Gasteiger partial charge in [-0.2, -0.15) is 0 Å². The van der Waals surface area contributed by atoms with Gasteiger partial charge >= 0.3 is 0 Å². The molecule has 0 aliphatic carbocycles. The summed E-state index contributed by atoms with van der Waals surface area (Å²) in [4.78, 5) is 22.7. The van der Waals surface area contributed by atoms with Gasteiger partial charge in [0, 0.05) is 24.7 Å². The van der Waals surface area contributed by atoms with E-state index >= 15 is 0 Å². The first kappa shape index (κ1) is 14.3. The molecule has 1 amide bonds. The normalized spacial score (nSPS) is 26.2. The molecular weight excluding hydrogens is 268 g/mol. The van der Waals surface area contributed by atoms with E-state index in [1.807, 2.05) is 12.3 Å². The average Bonchev–Trinajstić information content (AvgIpc) is 2.45. The highest BCUT2D eigenvalue weighted by Gasteiger charge is 2.35. The van der Waals surface area contributed by atoms with Gasteiger partial charge in [0.25, 0.3) is 0 Å². The van der Waals surface area contributed by atoms with Gasteiger partial charge in [0.15, 0.2) is 0 Å². The third-order valence-corrected chi connectivity index (χ3v) is 4.02. The molecule has 6 nitrogen and oxygen atoms in total. The first-order valence-electron chi connectivity index (χ1n) is 7.43. The number of fused-ring (bicyclic) bond motifs is 1. The number of anilines is 1. The molecule has 3 rings (SSSR count). The van der Waals surface area contributed by atoms with E-state index in [9.17, 15) is 4.79 Å². The van der Waals surface area contributed by atoms with Crippen molar-refractivity contribution in [1.29, 1.82) is 0 Å². The fourth-order valence-electron chi connectivity index (χ4n) is 2.80. The molecular formula is C15H22N4O2. The summed E-state index contributed by atoms with van der Waals surface area (Å²) in [6.07, 6.45) is 2.81. The van der Waals surface area contributed by atoms with Crippen LogP contribution in [0.15, 0.2) is 12.3 Å². The monoisotopic (exact) mass is 290 g/mol. The Hall–Kier alpha value is -1.69. The Morgan fingerprint density at radius 2 is 2.24 bits per heavy atom. The molecule has 3 heterocycles. The zero-order chi connectivity index (χ0) is 15.0. The van der Waals surface area contributed by atoms with Gasteiger partial charge in [-0.3, -0.25) is 4.79 Å². The second-order valence-electron chi connectivity index (χ2n) is 6.75. The summed E-state index contributed by atoms with van der Waals surface area (Å²) in [6, 6.07) is 1.99. The van der Waals surface area contributed by atoms with Gasteiger partial charge in [0.2, 0.25) is 11.9 Å². The Labute approximate surface area is 124 Å². The van der Waals surface area contributed by atoms with Crippen molar-refractivity contribution < 1.29 is 9.53 Å². The third-order valence-electron chi connectivity index (χ3n) is 4.02. The molecule has 2 saturated heterocycles. The highest BCUT2D eigenvalue weighted by Crippen LogP contribution is 2.24. The number of morpholine rings is 1. The van der Waals surface area contributed by atoms with Crippen LogP contribution in [0, 0.1) is 0 Å². The van der Waals surface area contributed by atoms with Crippen molar-refractivity contribution >= 4 is 11.9 Å². The molecule has 21 heavy (non-hydrogen) atoms. The van der Waals surface area contributed by atoms with Crippen LogP contribution in [0.5, 0.6) is 0 Å². The SMILES string of the molecule is CC(C)(C)c1ccnc(N2CC[C@@H]3OCC(=O)N[C@H]3C2)n1. The lowest BCUT2D eigenvalue weighted by Crippen LogP contribution is -2.60. The van der Waals surface area contributed by atoms with Crippen molar-refractivity contribution in [2.24, 2.45) is 0 Å². The van der Waals surface area contributed by atoms with Gasteiger partial charge in [-0.1, -0.05) is 20.8 Å². The van der Waals surface area contributed by atoms with Crippen molar-refractivity contribution in [3.8, 4) is 0 Å². The number of hydrogen-bond donors (Lipinski definition) is 1. The number of nitrogens with zero attached hydrogens (tertiary/aromatic N) is 3. The Kier molecular flexibility index (Phi) is 3.57. The van der Waals surface area contributed by atoms with E-state index < -0.39 is 0 Å². The van der Waals surface area contributed by atoms with Crippen molar-refractivity contribution in [3.63, 3.8) is 0 Å². The number of carbonyl (C=O) groups excluding carboxylic acids is 1. The van der Waals surface area contributed by atoms with Crippen LogP contribution >= 0.6 is 0 Å². The second kappa shape index (κ2) is 5.26. The summed E-state index contributed by atoms with van der Waals surface area (Å²) in [7, 11) is 0. The minimum atomic E-state index is -0.0394. The largest absolute Gasteiger partial charge is 0.366 e. The van der Waals surface area contributed by atoms with E-state index in [0.29, 0.717) is 6.54 Å². The standard InChI is InChI=1S/C15H22N4O2/c1-15(2,3)12-4-6-16-14(18-12)19-7-5-11-10(8-19)17-13(20)9-21-11/h4,6,10-11H,5,7-9H2,1-3H3,(H,17,20)/t10-,11-/m0/s1. The van der Waals surface area contributed by atoms with E-state index in [0.717, 1.165) is 24.6 Å². The van der Waals surface area contributed by atoms with E-state index in [2.05, 4.69) is 41.0 Å². The van der Waals surface area contributed by atoms with E-state index in [1.165, 1.54) is 0 Å². The maximum atomic E-state index is 11.5. The molecule has 1 aromatic heterocycles. The van der Waals surface area contributed by atoms with E-state index in [1.54, 1.807) is 0 Å². The summed E-state index contributed by atoms with van der Waals surface area (Å²) in [5.74, 6) is 0.697. The van der Waals surface area contributed by atoms with Crippen LogP contribution in [-0.4, -0.2) is 47.7 Å². The quantitative estimate of drug-likeness (QED) is 0.831. The maximum absolute atomic E-state index is 11.5. The average molecular weight is 290 g/mol. The molecule has 1 N–H and O–H groups in total. The number of rotatable bonds is 1. The number of piperidine rings is 1. The molecule has 2 aliphatic rings. The molecule has 114 valence electrons. The summed E-state index contributed by atoms with van der Waals surface area (Å²) >= 11 is 0. The highest BCUT2D eigenvalue weighted by atomic mass is 16.5. The van der Waals surface area contributed by atoms with Crippen molar-refractivity contribution in [3.05, 3.63) is 18.0 Å². The first-order valence-corrected chi connectivity index (χ1v) is 7.43. The molecule has 2 fully saturated rings. The molecule has 0 bridgehead atoms. The number of amides is 1. The van der Waals surface area contributed by atoms with Crippen molar-refractivity contribution in [2.45, 2.75) is 44.8 Å². The molecule has 2 aliphatic heterocycles. The lowest BCUT2D eigenvalue weighted by atomic mass is 9.92. The molecule has 0 radical (unpaired) electrons. The maximum Gasteiger partial charge on any atom is 0.246 e. The zero-order valence-electron chi connectivity index (χ0n) is 12.8. The van der Waals surface area contributed by atoms with Crippen LogP contribution in [0.4, 0.5) is 5.95 Å². The summed E-state index contributed by atoms with van der Waals surface area (Å²) in [6.45, 7) is 8.15. The van der Waals surface area contributed by atoms with Gasteiger partial charge in [0.1, 0.15) is 6.61 Å². The molecule has 0 saturated carbocycles. The van der Waals surface area contributed by atoms with Crippen LogP contribution in [-0.2, 0) is 14.9 Å². The summed E-state index contributed by atoms with van der Waals surface area (Å²) < 4.78 is 5.58. The van der Waals surface area contributed by atoms with Gasteiger partial charge in [-0.15, -0.1) is 0 Å². The fourth-order valence-corrected chi connectivity index (χ4v) is 2.80. The van der Waals surface area contributed by atoms with E-state index in [-0.39, 0.29) is 30.1 Å². The van der Waals surface area contributed by atoms with Gasteiger partial charge in [-0.25, -0.2) is 9.97 Å². The lowest BCUT2D eigenvalue weighted by Gasteiger charge is -2.41. The number of carbonyl (C=O) groups is 1. The molecule has 0 aromatic carbocycles. The topological polar surface area (TPSA) is 67.4 Å². The molecule has 2 atom stereocenters. The van der Waals surface area contributed by atoms with Crippen molar-refractivity contribution in [2.75, 3.05) is 24.6 Å². The molecule has 1 aromatic rings. The smallest absolute Gasteiger partial charge is 0.246 e. The van der Waals surface area contributed by atoms with E-state index in [4.69, 9.17) is 4.74 Å². The predicted octanol–water partition coefficient (Wildman–Crippen LogP) is 0.868. The number of nitrogens with one attached hydrogen (secondary N) is 1. The summed E-state index contributed by atoms with van der Waals surface area (Å²) in [5, 5.41) is 3.00. The third kappa shape index (κ3) is 3.00. The number of aromatic nitrogens is 2. The summed E-state index contributed by atoms with van der Waals surface area (Å²) in [5.41, 5.74) is 1.02. The van der Waals surface area contributed by atoms with Crippen LogP contribution < -0.4 is 10.2 Å². The zero-order valence-corrected chi connectivity index (χ0v) is 12.8. The Balaban J connectivity index is 1.77. The van der Waals surface area contributed by atoms with Crippen LogP contribution in [0.1, 0.15) is 32.9 Å². The molecule has 6 heteroatoms. The van der Waals surface area contributed by atoms with Crippen LogP contribution in [0.2, 0.25) is 0 Å². The Bertz CT molecular complexity index is 541. The van der Waals surface area contributed by atoms with Crippen LogP contribution in [0.3, 0.4) is 0 Å². The Morgan fingerprint density at radius 1 is 1.43 bits per heavy atom. The Morgan fingerprint density at radius 3 is 3.00 bits per heavy atom. The highest BCUT2D eigenvalue weighted by molar-refractivity contribution is 5.78. The van der Waals surface area contributed by atoms with Crippen molar-refractivity contribution in [1.82, 2.24) is 15.3 Å². The fraction of sp³-hybridized carbons (Fsp3) is 0.667. The van der Waals surface area contributed by atoms with Crippen LogP contribution in [0.25, 0.3) is 0 Å².